The number of rotatable bonds is 3. The molecular weight excluding hydrogens is 294 g/mol. The molecule has 1 aliphatic rings. The minimum Gasteiger partial charge on any atom is -0.462 e. The van der Waals surface area contributed by atoms with E-state index in [4.69, 9.17) is 4.74 Å². The van der Waals surface area contributed by atoms with Gasteiger partial charge in [-0.3, -0.25) is 0 Å². The molecule has 1 heterocycles. The van der Waals surface area contributed by atoms with Crippen LogP contribution >= 0.6 is 15.9 Å². The van der Waals surface area contributed by atoms with E-state index in [0.29, 0.717) is 12.2 Å². The third-order valence-corrected chi connectivity index (χ3v) is 3.79. The molecule has 1 aromatic carbocycles. The molecule has 98 valence electrons. The fourth-order valence-electron chi connectivity index (χ4n) is 2.41. The van der Waals surface area contributed by atoms with Crippen LogP contribution in [0, 0.1) is 6.92 Å². The summed E-state index contributed by atoms with van der Waals surface area (Å²) in [5.74, 6) is -0.255. The Morgan fingerprint density at radius 1 is 1.39 bits per heavy atom. The quantitative estimate of drug-likeness (QED) is 0.800. The van der Waals surface area contributed by atoms with Gasteiger partial charge < -0.3 is 9.64 Å². The zero-order chi connectivity index (χ0) is 13.1. The van der Waals surface area contributed by atoms with Gasteiger partial charge in [0.25, 0.3) is 0 Å². The van der Waals surface area contributed by atoms with Crippen molar-refractivity contribution in [1.82, 2.24) is 0 Å². The van der Waals surface area contributed by atoms with Crippen LogP contribution in [-0.4, -0.2) is 25.7 Å². The molecule has 0 spiro atoms. The van der Waals surface area contributed by atoms with Gasteiger partial charge in [0.15, 0.2) is 0 Å². The lowest BCUT2D eigenvalue weighted by atomic mass is 10.1. The Morgan fingerprint density at radius 3 is 2.61 bits per heavy atom. The highest BCUT2D eigenvalue weighted by molar-refractivity contribution is 9.10. The molecule has 0 aliphatic carbocycles. The summed E-state index contributed by atoms with van der Waals surface area (Å²) >= 11 is 3.58. The molecule has 1 saturated heterocycles. The van der Waals surface area contributed by atoms with Gasteiger partial charge in [-0.15, -0.1) is 0 Å². The van der Waals surface area contributed by atoms with Crippen molar-refractivity contribution in [3.8, 4) is 0 Å². The molecule has 1 aromatic rings. The lowest BCUT2D eigenvalue weighted by Gasteiger charge is -2.22. The van der Waals surface area contributed by atoms with Crippen LogP contribution in [0.3, 0.4) is 0 Å². The SMILES string of the molecule is CCOC(=O)c1cc(C)c(N2CCCC2)c(Br)c1. The lowest BCUT2D eigenvalue weighted by molar-refractivity contribution is 0.0526. The summed E-state index contributed by atoms with van der Waals surface area (Å²) in [6.07, 6.45) is 2.48. The number of ether oxygens (including phenoxy) is 1. The second kappa shape index (κ2) is 5.74. The average molecular weight is 312 g/mol. The molecule has 0 N–H and O–H groups in total. The average Bonchev–Trinajstić information content (AvgIpc) is 2.82. The van der Waals surface area contributed by atoms with Gasteiger partial charge in [0, 0.05) is 17.6 Å². The van der Waals surface area contributed by atoms with E-state index in [2.05, 4.69) is 20.8 Å². The van der Waals surface area contributed by atoms with Crippen molar-refractivity contribution in [1.29, 1.82) is 0 Å². The smallest absolute Gasteiger partial charge is 0.338 e. The summed E-state index contributed by atoms with van der Waals surface area (Å²) in [5, 5.41) is 0. The highest BCUT2D eigenvalue weighted by Gasteiger charge is 2.19. The van der Waals surface area contributed by atoms with Gasteiger partial charge in [0.1, 0.15) is 0 Å². The zero-order valence-corrected chi connectivity index (χ0v) is 12.4. The molecule has 18 heavy (non-hydrogen) atoms. The molecule has 0 saturated carbocycles. The fourth-order valence-corrected chi connectivity index (χ4v) is 3.22. The molecule has 0 radical (unpaired) electrons. The first-order chi connectivity index (χ1) is 8.63. The Bertz CT molecular complexity index is 430. The van der Waals surface area contributed by atoms with Gasteiger partial charge in [-0.25, -0.2) is 4.79 Å². The molecule has 1 aliphatic heterocycles. The predicted molar refractivity (Wildman–Crippen MR) is 76.3 cm³/mol. The Labute approximate surface area is 116 Å². The van der Waals surface area contributed by atoms with Crippen LogP contribution in [0.15, 0.2) is 16.6 Å². The summed E-state index contributed by atoms with van der Waals surface area (Å²) < 4.78 is 6.01. The molecule has 1 fully saturated rings. The Kier molecular flexibility index (Phi) is 4.27. The van der Waals surface area contributed by atoms with Gasteiger partial charge in [0.2, 0.25) is 0 Å². The summed E-state index contributed by atoms with van der Waals surface area (Å²) in [5.41, 5.74) is 2.94. The molecule has 0 unspecified atom stereocenters. The monoisotopic (exact) mass is 311 g/mol. The molecule has 3 nitrogen and oxygen atoms in total. The third kappa shape index (κ3) is 2.69. The summed E-state index contributed by atoms with van der Waals surface area (Å²) in [4.78, 5) is 14.1. The molecule has 2 rings (SSSR count). The minimum atomic E-state index is -0.255. The maximum absolute atomic E-state index is 11.7. The number of carbonyl (C=O) groups is 1. The Balaban J connectivity index is 2.31. The van der Waals surface area contributed by atoms with Gasteiger partial charge in [-0.05, 0) is 60.3 Å². The van der Waals surface area contributed by atoms with Crippen LogP contribution in [0.4, 0.5) is 5.69 Å². The number of hydrogen-bond donors (Lipinski definition) is 0. The first kappa shape index (κ1) is 13.4. The number of benzene rings is 1. The van der Waals surface area contributed by atoms with E-state index in [1.54, 1.807) is 0 Å². The van der Waals surface area contributed by atoms with Crippen LogP contribution in [0.1, 0.15) is 35.7 Å². The maximum atomic E-state index is 11.7. The Morgan fingerprint density at radius 2 is 2.06 bits per heavy atom. The van der Waals surface area contributed by atoms with E-state index in [0.717, 1.165) is 23.1 Å². The standard InChI is InChI=1S/C14H18BrNO2/c1-3-18-14(17)11-8-10(2)13(12(15)9-11)16-6-4-5-7-16/h8-9H,3-7H2,1-2H3. The van der Waals surface area contributed by atoms with Gasteiger partial charge in [-0.1, -0.05) is 0 Å². The second-order valence-corrected chi connectivity index (χ2v) is 5.39. The zero-order valence-electron chi connectivity index (χ0n) is 10.8. The number of esters is 1. The van der Waals surface area contributed by atoms with Crippen LogP contribution in [0.2, 0.25) is 0 Å². The number of halogens is 1. The van der Waals surface area contributed by atoms with Crippen molar-refractivity contribution in [2.45, 2.75) is 26.7 Å². The molecule has 0 amide bonds. The van der Waals surface area contributed by atoms with Crippen molar-refractivity contribution in [3.63, 3.8) is 0 Å². The molecule has 0 atom stereocenters. The van der Waals surface area contributed by atoms with Crippen LogP contribution in [0.5, 0.6) is 0 Å². The topological polar surface area (TPSA) is 29.5 Å². The molecule has 0 aromatic heterocycles. The van der Waals surface area contributed by atoms with E-state index in [1.165, 1.54) is 18.5 Å². The largest absolute Gasteiger partial charge is 0.462 e. The number of anilines is 1. The first-order valence-corrected chi connectivity index (χ1v) is 7.15. The van der Waals surface area contributed by atoms with Crippen LogP contribution in [-0.2, 0) is 4.74 Å². The highest BCUT2D eigenvalue weighted by Crippen LogP contribution is 2.33. The second-order valence-electron chi connectivity index (χ2n) is 4.54. The van der Waals surface area contributed by atoms with E-state index in [1.807, 2.05) is 26.0 Å². The first-order valence-electron chi connectivity index (χ1n) is 6.35. The van der Waals surface area contributed by atoms with Crippen molar-refractivity contribution in [2.75, 3.05) is 24.6 Å². The van der Waals surface area contributed by atoms with Crippen molar-refractivity contribution in [3.05, 3.63) is 27.7 Å². The predicted octanol–water partition coefficient (Wildman–Crippen LogP) is 3.53. The fraction of sp³-hybridized carbons (Fsp3) is 0.500. The lowest BCUT2D eigenvalue weighted by Crippen LogP contribution is -2.19. The van der Waals surface area contributed by atoms with E-state index < -0.39 is 0 Å². The summed E-state index contributed by atoms with van der Waals surface area (Å²) in [6.45, 7) is 6.46. The van der Waals surface area contributed by atoms with Gasteiger partial charge in [0.05, 0.1) is 17.9 Å². The van der Waals surface area contributed by atoms with Gasteiger partial charge >= 0.3 is 5.97 Å². The van der Waals surface area contributed by atoms with Crippen molar-refractivity contribution in [2.24, 2.45) is 0 Å². The number of hydrogen-bond acceptors (Lipinski definition) is 3. The number of aryl methyl sites for hydroxylation is 1. The van der Waals surface area contributed by atoms with Crippen LogP contribution < -0.4 is 4.90 Å². The van der Waals surface area contributed by atoms with E-state index >= 15 is 0 Å². The van der Waals surface area contributed by atoms with Gasteiger partial charge in [-0.2, -0.15) is 0 Å². The number of carbonyl (C=O) groups excluding carboxylic acids is 1. The molecule has 0 bridgehead atoms. The normalized spacial score (nSPS) is 14.9. The van der Waals surface area contributed by atoms with Crippen molar-refractivity contribution >= 4 is 27.6 Å². The van der Waals surface area contributed by atoms with Crippen LogP contribution in [0.25, 0.3) is 0 Å². The Hall–Kier alpha value is -1.03. The third-order valence-electron chi connectivity index (χ3n) is 3.19. The molecule has 4 heteroatoms. The maximum Gasteiger partial charge on any atom is 0.338 e. The summed E-state index contributed by atoms with van der Waals surface area (Å²) in [7, 11) is 0. The van der Waals surface area contributed by atoms with E-state index in [-0.39, 0.29) is 5.97 Å². The van der Waals surface area contributed by atoms with Crippen molar-refractivity contribution < 1.29 is 9.53 Å². The minimum absolute atomic E-state index is 0.255. The number of nitrogens with zero attached hydrogens (tertiary/aromatic N) is 1. The highest BCUT2D eigenvalue weighted by atomic mass is 79.9. The van der Waals surface area contributed by atoms with E-state index in [9.17, 15) is 4.79 Å². The summed E-state index contributed by atoms with van der Waals surface area (Å²) in [6, 6.07) is 3.77. The molecular formula is C14H18BrNO2.